The predicted molar refractivity (Wildman–Crippen MR) is 118 cm³/mol. The largest absolute Gasteiger partial charge is 0.350 e. The van der Waals surface area contributed by atoms with E-state index in [4.69, 9.17) is 12.2 Å². The number of aryl methyl sites for hydroxylation is 2. The van der Waals surface area contributed by atoms with E-state index < -0.39 is 0 Å². The summed E-state index contributed by atoms with van der Waals surface area (Å²) in [7, 11) is 0. The van der Waals surface area contributed by atoms with Crippen LogP contribution in [0.3, 0.4) is 0 Å². The van der Waals surface area contributed by atoms with Crippen LogP contribution in [0.4, 0.5) is 0 Å². The first-order chi connectivity index (χ1) is 14.0. The zero-order valence-corrected chi connectivity index (χ0v) is 17.3. The normalized spacial score (nSPS) is 14.4. The molecule has 1 aliphatic rings. The number of H-pyrrole nitrogens is 1. The van der Waals surface area contributed by atoms with Crippen molar-refractivity contribution in [3.05, 3.63) is 74.3 Å². The van der Waals surface area contributed by atoms with Crippen molar-refractivity contribution in [1.29, 1.82) is 0 Å². The Morgan fingerprint density at radius 1 is 1.17 bits per heavy atom. The molecule has 2 aromatic carbocycles. The van der Waals surface area contributed by atoms with Gasteiger partial charge in [-0.3, -0.25) is 14.2 Å². The molecule has 0 radical (unpaired) electrons. The summed E-state index contributed by atoms with van der Waals surface area (Å²) in [6.07, 6.45) is 4.96. The maximum Gasteiger partial charge on any atom is 0.262 e. The van der Waals surface area contributed by atoms with E-state index in [0.29, 0.717) is 15.7 Å². The molecule has 3 aromatic rings. The van der Waals surface area contributed by atoms with Gasteiger partial charge in [-0.15, -0.1) is 0 Å². The number of hydrogen-bond donors (Lipinski definition) is 2. The van der Waals surface area contributed by atoms with Crippen LogP contribution in [-0.4, -0.2) is 15.5 Å². The summed E-state index contributed by atoms with van der Waals surface area (Å²) in [4.78, 5) is 28.3. The number of carbonyl (C=O) groups is 1. The van der Waals surface area contributed by atoms with Gasteiger partial charge in [0.2, 0.25) is 5.91 Å². The number of benzene rings is 2. The van der Waals surface area contributed by atoms with Crippen molar-refractivity contribution in [2.45, 2.75) is 51.6 Å². The first-order valence-electron chi connectivity index (χ1n) is 10.2. The van der Waals surface area contributed by atoms with E-state index in [2.05, 4.69) is 28.5 Å². The Balaban J connectivity index is 1.43. The summed E-state index contributed by atoms with van der Waals surface area (Å²) in [5.41, 5.74) is 4.51. The van der Waals surface area contributed by atoms with Gasteiger partial charge >= 0.3 is 0 Å². The number of hydrogen-bond acceptors (Lipinski definition) is 3. The molecule has 1 amide bonds. The summed E-state index contributed by atoms with van der Waals surface area (Å²) in [6.45, 7) is 2.25. The van der Waals surface area contributed by atoms with Crippen molar-refractivity contribution in [1.82, 2.24) is 14.9 Å². The SMILES string of the molecule is CC(NC(=O)CCn1c(=S)[nH]c2ccccc2c1=O)c1ccc2c(c1)CCCC2. The molecule has 1 aliphatic carbocycles. The molecule has 0 aliphatic heterocycles. The fourth-order valence-electron chi connectivity index (χ4n) is 4.04. The molecule has 1 atom stereocenters. The molecule has 4 rings (SSSR count). The van der Waals surface area contributed by atoms with E-state index in [1.807, 2.05) is 25.1 Å². The van der Waals surface area contributed by atoms with Crippen LogP contribution in [0.25, 0.3) is 10.9 Å². The Morgan fingerprint density at radius 3 is 2.76 bits per heavy atom. The lowest BCUT2D eigenvalue weighted by atomic mass is 9.89. The van der Waals surface area contributed by atoms with Gasteiger partial charge in [-0.1, -0.05) is 30.3 Å². The van der Waals surface area contributed by atoms with Crippen LogP contribution in [0.2, 0.25) is 0 Å². The number of carbonyl (C=O) groups excluding carboxylic acids is 1. The molecule has 0 fully saturated rings. The molecule has 2 N–H and O–H groups in total. The minimum atomic E-state index is -0.167. The molecule has 0 saturated carbocycles. The molecule has 29 heavy (non-hydrogen) atoms. The van der Waals surface area contributed by atoms with Gasteiger partial charge in [0.25, 0.3) is 5.56 Å². The van der Waals surface area contributed by atoms with Crippen molar-refractivity contribution in [3.63, 3.8) is 0 Å². The van der Waals surface area contributed by atoms with E-state index in [1.54, 1.807) is 6.07 Å². The average Bonchev–Trinajstić information content (AvgIpc) is 2.73. The highest BCUT2D eigenvalue weighted by molar-refractivity contribution is 7.71. The van der Waals surface area contributed by atoms with Crippen molar-refractivity contribution in [2.75, 3.05) is 0 Å². The predicted octanol–water partition coefficient (Wildman–Crippen LogP) is 4.21. The number of aromatic amines is 1. The Morgan fingerprint density at radius 2 is 1.93 bits per heavy atom. The molecule has 5 nitrogen and oxygen atoms in total. The Hall–Kier alpha value is -2.73. The number of fused-ring (bicyclic) bond motifs is 2. The highest BCUT2D eigenvalue weighted by atomic mass is 32.1. The van der Waals surface area contributed by atoms with Gasteiger partial charge in [-0.05, 0) is 73.6 Å². The van der Waals surface area contributed by atoms with Crippen LogP contribution in [-0.2, 0) is 24.2 Å². The molecular weight excluding hydrogens is 382 g/mol. The van der Waals surface area contributed by atoms with E-state index in [9.17, 15) is 9.59 Å². The third-order valence-electron chi connectivity index (χ3n) is 5.70. The van der Waals surface area contributed by atoms with Crippen LogP contribution < -0.4 is 10.9 Å². The summed E-state index contributed by atoms with van der Waals surface area (Å²) < 4.78 is 1.80. The molecule has 0 saturated heterocycles. The van der Waals surface area contributed by atoms with E-state index in [0.717, 1.165) is 18.4 Å². The summed E-state index contributed by atoms with van der Waals surface area (Å²) >= 11 is 5.32. The molecule has 6 heteroatoms. The number of nitrogens with one attached hydrogen (secondary N) is 2. The molecular formula is C23H25N3O2S. The number of rotatable bonds is 5. The number of aromatic nitrogens is 2. The fourth-order valence-corrected chi connectivity index (χ4v) is 4.32. The van der Waals surface area contributed by atoms with Crippen LogP contribution in [0, 0.1) is 4.77 Å². The first kappa shape index (κ1) is 19.6. The third kappa shape index (κ3) is 4.17. The summed E-state index contributed by atoms with van der Waals surface area (Å²) in [5.74, 6) is -0.0929. The lowest BCUT2D eigenvalue weighted by molar-refractivity contribution is -0.122. The Labute approximate surface area is 174 Å². The number of para-hydroxylation sites is 1. The maximum atomic E-state index is 12.7. The smallest absolute Gasteiger partial charge is 0.262 e. The van der Waals surface area contributed by atoms with Crippen LogP contribution in [0.15, 0.2) is 47.3 Å². The average molecular weight is 408 g/mol. The quantitative estimate of drug-likeness (QED) is 0.623. The zero-order chi connectivity index (χ0) is 20.4. The summed E-state index contributed by atoms with van der Waals surface area (Å²) in [6, 6.07) is 13.7. The van der Waals surface area contributed by atoms with Gasteiger partial charge in [0.15, 0.2) is 4.77 Å². The lowest BCUT2D eigenvalue weighted by Crippen LogP contribution is -2.30. The van der Waals surface area contributed by atoms with E-state index in [1.165, 1.54) is 28.5 Å². The van der Waals surface area contributed by atoms with Gasteiger partial charge in [0.05, 0.1) is 16.9 Å². The second-order valence-electron chi connectivity index (χ2n) is 7.71. The summed E-state index contributed by atoms with van der Waals surface area (Å²) in [5, 5.41) is 3.62. The standard InChI is InChI=1S/C23H25N3O2S/c1-15(17-11-10-16-6-2-3-7-18(16)14-17)24-21(27)12-13-26-22(28)19-8-4-5-9-20(19)25-23(26)29/h4-5,8-11,14-15H,2-3,6-7,12-13H2,1H3,(H,24,27)(H,25,29). The topological polar surface area (TPSA) is 66.9 Å². The molecule has 1 aromatic heterocycles. The molecule has 1 heterocycles. The van der Waals surface area contributed by atoms with Crippen molar-refractivity contribution < 1.29 is 4.79 Å². The molecule has 1 unspecified atom stereocenters. The van der Waals surface area contributed by atoms with Crippen molar-refractivity contribution in [2.24, 2.45) is 0 Å². The second-order valence-corrected chi connectivity index (χ2v) is 8.09. The van der Waals surface area contributed by atoms with Gasteiger partial charge in [-0.2, -0.15) is 0 Å². The third-order valence-corrected chi connectivity index (χ3v) is 6.02. The highest BCUT2D eigenvalue weighted by Crippen LogP contribution is 2.24. The highest BCUT2D eigenvalue weighted by Gasteiger charge is 2.15. The molecule has 0 spiro atoms. The molecule has 0 bridgehead atoms. The van der Waals surface area contributed by atoms with Crippen molar-refractivity contribution >= 4 is 29.0 Å². The van der Waals surface area contributed by atoms with Crippen molar-refractivity contribution in [3.8, 4) is 0 Å². The van der Waals surface area contributed by atoms with E-state index in [-0.39, 0.29) is 30.5 Å². The van der Waals surface area contributed by atoms with Gasteiger partial charge in [0.1, 0.15) is 0 Å². The minimum Gasteiger partial charge on any atom is -0.350 e. The van der Waals surface area contributed by atoms with Crippen LogP contribution >= 0.6 is 12.2 Å². The number of nitrogens with zero attached hydrogens (tertiary/aromatic N) is 1. The van der Waals surface area contributed by atoms with Gasteiger partial charge < -0.3 is 10.3 Å². The van der Waals surface area contributed by atoms with Gasteiger partial charge in [-0.25, -0.2) is 0 Å². The first-order valence-corrected chi connectivity index (χ1v) is 10.6. The minimum absolute atomic E-state index is 0.0717. The van der Waals surface area contributed by atoms with Gasteiger partial charge in [0, 0.05) is 13.0 Å². The second kappa shape index (κ2) is 8.33. The van der Waals surface area contributed by atoms with E-state index >= 15 is 0 Å². The maximum absolute atomic E-state index is 12.7. The Kier molecular flexibility index (Phi) is 5.62. The molecule has 150 valence electrons. The fraction of sp³-hybridized carbons (Fsp3) is 0.348. The lowest BCUT2D eigenvalue weighted by Gasteiger charge is -2.20. The number of amides is 1. The Bertz CT molecular complexity index is 1180. The zero-order valence-electron chi connectivity index (χ0n) is 16.5. The monoisotopic (exact) mass is 407 g/mol. The van der Waals surface area contributed by atoms with Crippen LogP contribution in [0.5, 0.6) is 0 Å². The van der Waals surface area contributed by atoms with Crippen LogP contribution in [0.1, 0.15) is 48.9 Å².